The predicted octanol–water partition coefficient (Wildman–Crippen LogP) is 4.58. The molecule has 3 unspecified atom stereocenters. The van der Waals surface area contributed by atoms with E-state index >= 15 is 0 Å². The molecule has 0 spiro atoms. The van der Waals surface area contributed by atoms with Crippen molar-refractivity contribution in [3.63, 3.8) is 0 Å². The first kappa shape index (κ1) is 22.9. The zero-order valence-electron chi connectivity index (χ0n) is 19.2. The van der Waals surface area contributed by atoms with Crippen LogP contribution in [0.5, 0.6) is 0 Å². The van der Waals surface area contributed by atoms with Crippen LogP contribution in [0.3, 0.4) is 0 Å². The van der Waals surface area contributed by atoms with Crippen molar-refractivity contribution in [1.82, 2.24) is 0 Å². The topological polar surface area (TPSA) is 63.2 Å². The van der Waals surface area contributed by atoms with Gasteiger partial charge in [-0.05, 0) is 38.0 Å². The Kier molecular flexibility index (Phi) is 6.67. The Balaban J connectivity index is 1.46. The van der Waals surface area contributed by atoms with Gasteiger partial charge >= 0.3 is 5.97 Å². The first-order valence-electron chi connectivity index (χ1n) is 11.1. The molecular formula is C26H32O6. The molecule has 2 fully saturated rings. The summed E-state index contributed by atoms with van der Waals surface area (Å²) in [5, 5.41) is 0. The molecule has 6 heteroatoms. The molecule has 0 aromatic heterocycles. The molecule has 0 radical (unpaired) electrons. The Labute approximate surface area is 189 Å². The third kappa shape index (κ3) is 5.04. The minimum absolute atomic E-state index is 0.167. The average molecular weight is 441 g/mol. The zero-order chi connectivity index (χ0) is 22.8. The van der Waals surface area contributed by atoms with Crippen molar-refractivity contribution in [2.75, 3.05) is 13.7 Å². The number of hydrogen-bond donors (Lipinski definition) is 0. The van der Waals surface area contributed by atoms with E-state index in [2.05, 4.69) is 6.92 Å². The quantitative estimate of drug-likeness (QED) is 0.532. The van der Waals surface area contributed by atoms with Crippen LogP contribution in [0, 0.1) is 11.3 Å². The summed E-state index contributed by atoms with van der Waals surface area (Å²) in [7, 11) is 1.62. The van der Waals surface area contributed by atoms with Gasteiger partial charge in [0.2, 0.25) is 0 Å². The summed E-state index contributed by atoms with van der Waals surface area (Å²) in [6.45, 7) is 6.70. The summed E-state index contributed by atoms with van der Waals surface area (Å²) in [4.78, 5) is 12.4. The van der Waals surface area contributed by atoms with Crippen molar-refractivity contribution in [3.8, 4) is 0 Å². The van der Waals surface area contributed by atoms with Gasteiger partial charge in [0.05, 0.1) is 24.9 Å². The van der Waals surface area contributed by atoms with Crippen LogP contribution in [0.4, 0.5) is 0 Å². The minimum Gasteiger partial charge on any atom is -0.462 e. The van der Waals surface area contributed by atoms with E-state index < -0.39 is 18.2 Å². The highest BCUT2D eigenvalue weighted by Gasteiger charge is 2.62. The Morgan fingerprint density at radius 3 is 2.34 bits per heavy atom. The van der Waals surface area contributed by atoms with Crippen LogP contribution >= 0.6 is 0 Å². The summed E-state index contributed by atoms with van der Waals surface area (Å²) in [5.74, 6) is -0.904. The lowest BCUT2D eigenvalue weighted by Gasteiger charge is -2.32. The Morgan fingerprint density at radius 2 is 1.69 bits per heavy atom. The molecule has 1 aliphatic carbocycles. The summed E-state index contributed by atoms with van der Waals surface area (Å²) < 4.78 is 29.9. The number of esters is 1. The van der Waals surface area contributed by atoms with Crippen LogP contribution < -0.4 is 0 Å². The highest BCUT2D eigenvalue weighted by atomic mass is 16.8. The van der Waals surface area contributed by atoms with Crippen molar-refractivity contribution >= 4 is 5.97 Å². The smallest absolute Gasteiger partial charge is 0.338 e. The molecule has 5 atom stereocenters. The summed E-state index contributed by atoms with van der Waals surface area (Å²) in [5.41, 5.74) is 1.41. The van der Waals surface area contributed by atoms with E-state index in [1.165, 1.54) is 0 Å². The summed E-state index contributed by atoms with van der Waals surface area (Å²) in [6, 6.07) is 19.1. The largest absolute Gasteiger partial charge is 0.462 e. The highest BCUT2D eigenvalue weighted by molar-refractivity contribution is 5.89. The summed E-state index contributed by atoms with van der Waals surface area (Å²) >= 11 is 0. The number of hydrogen-bond acceptors (Lipinski definition) is 6. The molecule has 0 N–H and O–H groups in total. The van der Waals surface area contributed by atoms with E-state index in [1.54, 1.807) is 19.2 Å². The molecule has 2 aliphatic rings. The maximum atomic E-state index is 12.4. The third-order valence-corrected chi connectivity index (χ3v) is 6.42. The van der Waals surface area contributed by atoms with Crippen molar-refractivity contribution in [3.05, 3.63) is 71.8 Å². The molecule has 172 valence electrons. The lowest BCUT2D eigenvalue weighted by molar-refractivity contribution is -0.183. The van der Waals surface area contributed by atoms with Crippen LogP contribution in [-0.4, -0.2) is 44.0 Å². The van der Waals surface area contributed by atoms with Crippen LogP contribution in [0.1, 0.15) is 43.1 Å². The molecule has 0 bridgehead atoms. The van der Waals surface area contributed by atoms with Gasteiger partial charge in [-0.15, -0.1) is 0 Å². The number of carbonyl (C=O) groups is 1. The molecule has 1 heterocycles. The van der Waals surface area contributed by atoms with Gasteiger partial charge in [-0.25, -0.2) is 4.79 Å². The van der Waals surface area contributed by atoms with E-state index in [1.807, 2.05) is 62.4 Å². The summed E-state index contributed by atoms with van der Waals surface area (Å²) in [6.07, 6.45) is -0.338. The van der Waals surface area contributed by atoms with Gasteiger partial charge in [0, 0.05) is 18.4 Å². The average Bonchev–Trinajstić information content (AvgIpc) is 3.35. The molecule has 0 amide bonds. The zero-order valence-corrected chi connectivity index (χ0v) is 19.2. The van der Waals surface area contributed by atoms with Gasteiger partial charge in [0.1, 0.15) is 6.10 Å². The maximum Gasteiger partial charge on any atom is 0.338 e. The number of methoxy groups -OCH3 is 1. The number of benzene rings is 2. The van der Waals surface area contributed by atoms with Crippen molar-refractivity contribution < 1.29 is 28.5 Å². The Bertz CT molecular complexity index is 899. The second-order valence-corrected chi connectivity index (χ2v) is 9.29. The fraction of sp³-hybridized carbons (Fsp3) is 0.500. The van der Waals surface area contributed by atoms with E-state index in [4.69, 9.17) is 23.7 Å². The molecule has 6 nitrogen and oxygen atoms in total. The van der Waals surface area contributed by atoms with Crippen molar-refractivity contribution in [1.29, 1.82) is 0 Å². The monoisotopic (exact) mass is 440 g/mol. The molecule has 1 aliphatic heterocycles. The molecule has 4 rings (SSSR count). The van der Waals surface area contributed by atoms with Gasteiger partial charge in [-0.3, -0.25) is 0 Å². The van der Waals surface area contributed by atoms with E-state index in [0.29, 0.717) is 18.8 Å². The van der Waals surface area contributed by atoms with Crippen LogP contribution in [-0.2, 0) is 30.3 Å². The lowest BCUT2D eigenvalue weighted by Crippen LogP contribution is -2.44. The van der Waals surface area contributed by atoms with Crippen LogP contribution in [0.15, 0.2) is 60.7 Å². The van der Waals surface area contributed by atoms with Crippen LogP contribution in [0.25, 0.3) is 0 Å². The van der Waals surface area contributed by atoms with Gasteiger partial charge in [0.15, 0.2) is 12.1 Å². The van der Waals surface area contributed by atoms with Gasteiger partial charge in [-0.1, -0.05) is 55.5 Å². The molecular weight excluding hydrogens is 408 g/mol. The molecule has 1 saturated carbocycles. The standard InChI is InChI=1S/C26H32O6/c1-25(2)31-21(24(28-4)32-25)22(29-16-18-11-7-5-8-12-18)26(3)15-20(26)17-30-23(27)19-13-9-6-10-14-19/h5-14,20-22,24H,15-17H2,1-4H3/t20-,21?,22-,24?,26?/m0/s1. The SMILES string of the molecule is COC1OC(C)(C)OC1[C@H](OCc1ccccc1)C1(C)C[C@H]1COC(=O)c1ccccc1. The number of rotatable bonds is 9. The second-order valence-electron chi connectivity index (χ2n) is 9.29. The van der Waals surface area contributed by atoms with Crippen molar-refractivity contribution in [2.45, 2.75) is 58.1 Å². The Morgan fingerprint density at radius 1 is 1.03 bits per heavy atom. The van der Waals surface area contributed by atoms with Gasteiger partial charge in [0.25, 0.3) is 0 Å². The fourth-order valence-corrected chi connectivity index (χ4v) is 4.47. The molecule has 32 heavy (non-hydrogen) atoms. The number of carbonyl (C=O) groups excluding carboxylic acids is 1. The van der Waals surface area contributed by atoms with Gasteiger partial charge in [-0.2, -0.15) is 0 Å². The number of ether oxygens (including phenoxy) is 5. The predicted molar refractivity (Wildman–Crippen MR) is 119 cm³/mol. The third-order valence-electron chi connectivity index (χ3n) is 6.42. The first-order valence-corrected chi connectivity index (χ1v) is 11.1. The highest BCUT2D eigenvalue weighted by Crippen LogP contribution is 2.58. The first-order chi connectivity index (χ1) is 15.3. The normalized spacial score (nSPS) is 29.4. The lowest BCUT2D eigenvalue weighted by atomic mass is 9.93. The second kappa shape index (κ2) is 9.32. The van der Waals surface area contributed by atoms with Gasteiger partial charge < -0.3 is 23.7 Å². The molecule has 2 aromatic carbocycles. The fourth-order valence-electron chi connectivity index (χ4n) is 4.47. The van der Waals surface area contributed by atoms with E-state index in [0.717, 1.165) is 12.0 Å². The van der Waals surface area contributed by atoms with Crippen LogP contribution in [0.2, 0.25) is 0 Å². The van der Waals surface area contributed by atoms with E-state index in [9.17, 15) is 4.79 Å². The van der Waals surface area contributed by atoms with Crippen molar-refractivity contribution in [2.24, 2.45) is 11.3 Å². The Hall–Kier alpha value is -2.25. The molecule has 2 aromatic rings. The molecule has 1 saturated heterocycles. The maximum absolute atomic E-state index is 12.4. The van der Waals surface area contributed by atoms with E-state index in [-0.39, 0.29) is 23.4 Å². The minimum atomic E-state index is -0.764.